The number of nitrogens with two attached hydrogens (primary N) is 1. The molecular weight excluding hydrogens is 282 g/mol. The number of aromatic nitrogens is 1. The van der Waals surface area contributed by atoms with Crippen LogP contribution in [0.5, 0.6) is 0 Å². The largest absolute Gasteiger partial charge is 0.449 e. The predicted molar refractivity (Wildman–Crippen MR) is 81.2 cm³/mol. The highest BCUT2D eigenvalue weighted by atomic mass is 16.3. The van der Waals surface area contributed by atoms with Crippen molar-refractivity contribution in [2.24, 2.45) is 5.73 Å². The van der Waals surface area contributed by atoms with E-state index in [0.717, 1.165) is 25.0 Å². The molecule has 0 saturated heterocycles. The van der Waals surface area contributed by atoms with Crippen LogP contribution in [0.3, 0.4) is 0 Å². The number of hydrogen-bond acceptors (Lipinski definition) is 4. The van der Waals surface area contributed by atoms with Gasteiger partial charge in [-0.05, 0) is 31.9 Å². The Morgan fingerprint density at radius 2 is 2.00 bits per heavy atom. The molecule has 2 amide bonds. The molecule has 0 aliphatic heterocycles. The maximum Gasteiger partial charge on any atom is 0.287 e. The fourth-order valence-corrected chi connectivity index (χ4v) is 3.00. The van der Waals surface area contributed by atoms with Crippen LogP contribution >= 0.6 is 0 Å². The lowest BCUT2D eigenvalue weighted by molar-refractivity contribution is -0.125. The Balaban J connectivity index is 1.86. The van der Waals surface area contributed by atoms with Crippen molar-refractivity contribution in [1.29, 1.82) is 0 Å². The van der Waals surface area contributed by atoms with Crippen LogP contribution < -0.4 is 11.1 Å². The summed E-state index contributed by atoms with van der Waals surface area (Å²) < 4.78 is 5.52. The summed E-state index contributed by atoms with van der Waals surface area (Å²) in [7, 11) is 0. The van der Waals surface area contributed by atoms with Crippen molar-refractivity contribution in [3.8, 4) is 0 Å². The minimum absolute atomic E-state index is 0.152. The lowest BCUT2D eigenvalue weighted by atomic mass is 9.81. The van der Waals surface area contributed by atoms with Gasteiger partial charge in [0.25, 0.3) is 5.91 Å². The van der Waals surface area contributed by atoms with E-state index in [1.807, 2.05) is 13.0 Å². The summed E-state index contributed by atoms with van der Waals surface area (Å²) >= 11 is 0. The zero-order valence-corrected chi connectivity index (χ0v) is 12.5. The third-order valence-corrected chi connectivity index (χ3v) is 4.27. The first-order chi connectivity index (χ1) is 10.5. The molecule has 3 rings (SSSR count). The Morgan fingerprint density at radius 3 is 2.68 bits per heavy atom. The highest BCUT2D eigenvalue weighted by Gasteiger charge is 2.39. The number of pyridine rings is 1. The monoisotopic (exact) mass is 301 g/mol. The van der Waals surface area contributed by atoms with Gasteiger partial charge in [-0.1, -0.05) is 19.3 Å². The topological polar surface area (TPSA) is 98.2 Å². The number of carbonyl (C=O) groups excluding carboxylic acids is 2. The Hall–Kier alpha value is -2.37. The molecule has 0 atom stereocenters. The summed E-state index contributed by atoms with van der Waals surface area (Å²) in [5.41, 5.74) is 6.59. The molecule has 6 heteroatoms. The molecule has 6 nitrogen and oxygen atoms in total. The van der Waals surface area contributed by atoms with E-state index in [2.05, 4.69) is 10.3 Å². The van der Waals surface area contributed by atoms with Crippen LogP contribution in [0.4, 0.5) is 0 Å². The Morgan fingerprint density at radius 1 is 1.27 bits per heavy atom. The minimum Gasteiger partial charge on any atom is -0.449 e. The predicted octanol–water partition coefficient (Wildman–Crippen LogP) is 2.05. The minimum atomic E-state index is -0.961. The summed E-state index contributed by atoms with van der Waals surface area (Å²) in [6, 6.07) is 5.19. The van der Waals surface area contributed by atoms with Crippen LogP contribution in [0, 0.1) is 6.92 Å². The summed E-state index contributed by atoms with van der Waals surface area (Å²) in [5, 5.41) is 2.79. The van der Waals surface area contributed by atoms with Gasteiger partial charge in [-0.15, -0.1) is 0 Å². The zero-order chi connectivity index (χ0) is 15.7. The van der Waals surface area contributed by atoms with Crippen molar-refractivity contribution in [3.63, 3.8) is 0 Å². The first-order valence-electron chi connectivity index (χ1n) is 7.50. The molecule has 0 spiro atoms. The van der Waals surface area contributed by atoms with Crippen molar-refractivity contribution in [3.05, 3.63) is 29.7 Å². The lowest BCUT2D eigenvalue weighted by Crippen LogP contribution is -2.58. The molecule has 2 aromatic heterocycles. The number of aryl methyl sites for hydroxylation is 1. The average molecular weight is 301 g/mol. The molecule has 116 valence electrons. The molecule has 0 bridgehead atoms. The molecule has 0 radical (unpaired) electrons. The number of nitrogens with one attached hydrogen (secondary N) is 1. The van der Waals surface area contributed by atoms with Crippen molar-refractivity contribution >= 4 is 22.9 Å². The number of amides is 2. The van der Waals surface area contributed by atoms with E-state index in [4.69, 9.17) is 10.2 Å². The van der Waals surface area contributed by atoms with Gasteiger partial charge in [0.1, 0.15) is 11.1 Å². The first-order valence-corrected chi connectivity index (χ1v) is 7.50. The van der Waals surface area contributed by atoms with Crippen molar-refractivity contribution < 1.29 is 14.0 Å². The summed E-state index contributed by atoms with van der Waals surface area (Å²) in [6.07, 6.45) is 3.96. The van der Waals surface area contributed by atoms with Gasteiger partial charge in [-0.3, -0.25) is 9.59 Å². The first kappa shape index (κ1) is 14.6. The van der Waals surface area contributed by atoms with Gasteiger partial charge in [0.15, 0.2) is 11.3 Å². The smallest absolute Gasteiger partial charge is 0.287 e. The zero-order valence-electron chi connectivity index (χ0n) is 12.5. The molecular formula is C16H19N3O3. The van der Waals surface area contributed by atoms with Gasteiger partial charge < -0.3 is 15.5 Å². The highest BCUT2D eigenvalue weighted by Crippen LogP contribution is 2.29. The SMILES string of the molecule is Cc1ccc2oc(C(=O)NC3(C(N)=O)CCCCC3)cc2n1. The Kier molecular flexibility index (Phi) is 3.60. The van der Waals surface area contributed by atoms with Gasteiger partial charge in [0.2, 0.25) is 5.91 Å². The van der Waals surface area contributed by atoms with E-state index in [0.29, 0.717) is 23.9 Å². The fourth-order valence-electron chi connectivity index (χ4n) is 3.00. The van der Waals surface area contributed by atoms with Crippen LogP contribution in [-0.4, -0.2) is 22.3 Å². The maximum absolute atomic E-state index is 12.4. The molecule has 3 N–H and O–H groups in total. The van der Waals surface area contributed by atoms with Crippen LogP contribution in [-0.2, 0) is 4.79 Å². The van der Waals surface area contributed by atoms with Crippen LogP contribution in [0.2, 0.25) is 0 Å². The lowest BCUT2D eigenvalue weighted by Gasteiger charge is -2.34. The number of carbonyl (C=O) groups is 2. The van der Waals surface area contributed by atoms with Gasteiger partial charge in [0, 0.05) is 11.8 Å². The van der Waals surface area contributed by atoms with Gasteiger partial charge in [-0.25, -0.2) is 4.98 Å². The molecule has 0 unspecified atom stereocenters. The second-order valence-corrected chi connectivity index (χ2v) is 5.91. The Labute approximate surface area is 128 Å². The molecule has 1 fully saturated rings. The standard InChI is InChI=1S/C16H19N3O3/c1-10-5-6-12-11(18-10)9-13(22-12)14(20)19-16(15(17)21)7-3-2-4-8-16/h5-6,9H,2-4,7-8H2,1H3,(H2,17,21)(H,19,20). The average Bonchev–Trinajstić information content (AvgIpc) is 2.91. The van der Waals surface area contributed by atoms with Crippen LogP contribution in [0.15, 0.2) is 22.6 Å². The van der Waals surface area contributed by atoms with E-state index in [1.54, 1.807) is 12.1 Å². The third kappa shape index (κ3) is 2.56. The van der Waals surface area contributed by atoms with Crippen LogP contribution in [0.25, 0.3) is 11.1 Å². The van der Waals surface area contributed by atoms with Crippen molar-refractivity contribution in [1.82, 2.24) is 10.3 Å². The van der Waals surface area contributed by atoms with E-state index < -0.39 is 17.4 Å². The molecule has 1 aliphatic carbocycles. The maximum atomic E-state index is 12.4. The molecule has 22 heavy (non-hydrogen) atoms. The van der Waals surface area contributed by atoms with Gasteiger partial charge in [0.05, 0.1) is 0 Å². The van der Waals surface area contributed by atoms with E-state index in [9.17, 15) is 9.59 Å². The number of nitrogens with zero attached hydrogens (tertiary/aromatic N) is 1. The second kappa shape index (κ2) is 5.44. The van der Waals surface area contributed by atoms with Crippen LogP contribution in [0.1, 0.15) is 48.4 Å². The fraction of sp³-hybridized carbons (Fsp3) is 0.438. The highest BCUT2D eigenvalue weighted by molar-refractivity contribution is 5.99. The molecule has 2 aromatic rings. The molecule has 1 saturated carbocycles. The number of furan rings is 1. The number of fused-ring (bicyclic) bond motifs is 1. The van der Waals surface area contributed by atoms with Gasteiger partial charge in [-0.2, -0.15) is 0 Å². The quantitative estimate of drug-likeness (QED) is 0.906. The van der Waals surface area contributed by atoms with Crippen molar-refractivity contribution in [2.45, 2.75) is 44.6 Å². The molecule has 1 aliphatic rings. The Bertz CT molecular complexity index is 729. The van der Waals surface area contributed by atoms with Gasteiger partial charge >= 0.3 is 0 Å². The van der Waals surface area contributed by atoms with E-state index in [1.165, 1.54) is 0 Å². The number of primary amides is 1. The molecule has 0 aromatic carbocycles. The van der Waals surface area contributed by atoms with E-state index in [-0.39, 0.29) is 5.76 Å². The van der Waals surface area contributed by atoms with Crippen molar-refractivity contribution in [2.75, 3.05) is 0 Å². The summed E-state index contributed by atoms with van der Waals surface area (Å²) in [6.45, 7) is 1.87. The summed E-state index contributed by atoms with van der Waals surface area (Å²) in [5.74, 6) is -0.749. The third-order valence-electron chi connectivity index (χ3n) is 4.27. The normalized spacial score (nSPS) is 17.3. The number of rotatable bonds is 3. The second-order valence-electron chi connectivity index (χ2n) is 5.91. The number of hydrogen-bond donors (Lipinski definition) is 2. The molecule has 2 heterocycles. The van der Waals surface area contributed by atoms with E-state index >= 15 is 0 Å². The summed E-state index contributed by atoms with van der Waals surface area (Å²) in [4.78, 5) is 28.6.